The van der Waals surface area contributed by atoms with E-state index in [-0.39, 0.29) is 17.6 Å². The van der Waals surface area contributed by atoms with E-state index >= 15 is 0 Å². The first-order chi connectivity index (χ1) is 12.3. The molecule has 138 valence electrons. The molecule has 0 aliphatic carbocycles. The third kappa shape index (κ3) is 4.01. The van der Waals surface area contributed by atoms with Crippen LogP contribution in [0.3, 0.4) is 0 Å². The zero-order chi connectivity index (χ0) is 18.9. The largest absolute Gasteiger partial charge is 0.497 e. The number of carbonyl (C=O) groups excluding carboxylic acids is 1. The first-order valence-electron chi connectivity index (χ1n) is 9.00. The van der Waals surface area contributed by atoms with Crippen LogP contribution in [-0.2, 0) is 11.2 Å². The molecule has 3 rings (SSSR count). The van der Waals surface area contributed by atoms with Crippen LogP contribution < -0.4 is 14.8 Å². The molecule has 1 heterocycles. The zero-order valence-corrected chi connectivity index (χ0v) is 16.2. The molecule has 1 atom stereocenters. The quantitative estimate of drug-likeness (QED) is 0.893. The summed E-state index contributed by atoms with van der Waals surface area (Å²) < 4.78 is 11.4. The van der Waals surface area contributed by atoms with E-state index in [1.165, 1.54) is 5.56 Å². The van der Waals surface area contributed by atoms with Gasteiger partial charge in [-0.05, 0) is 57.0 Å². The van der Waals surface area contributed by atoms with E-state index in [4.69, 9.17) is 9.47 Å². The highest BCUT2D eigenvalue weighted by Gasteiger charge is 2.34. The number of benzene rings is 2. The van der Waals surface area contributed by atoms with E-state index in [9.17, 15) is 4.79 Å². The van der Waals surface area contributed by atoms with Crippen molar-refractivity contribution < 1.29 is 14.3 Å². The summed E-state index contributed by atoms with van der Waals surface area (Å²) in [5.41, 5.74) is 4.01. The summed E-state index contributed by atoms with van der Waals surface area (Å²) in [7, 11) is 1.64. The highest BCUT2D eigenvalue weighted by Crippen LogP contribution is 2.41. The second kappa shape index (κ2) is 7.02. The van der Waals surface area contributed by atoms with Crippen LogP contribution in [0.2, 0.25) is 0 Å². The minimum absolute atomic E-state index is 0.0233. The van der Waals surface area contributed by atoms with Crippen molar-refractivity contribution >= 4 is 5.91 Å². The summed E-state index contributed by atoms with van der Waals surface area (Å²) in [5, 5.41) is 3.20. The van der Waals surface area contributed by atoms with E-state index in [0.29, 0.717) is 12.8 Å². The standard InChI is InChI=1S/C22H27NO3/c1-14-6-7-15(2)16(10-14)11-21(24)23-19-13-22(3,4)26-20-9-8-17(25-5)12-18(19)20/h6-10,12,19H,11,13H2,1-5H3,(H,23,24)/t19-/m1/s1. The third-order valence-electron chi connectivity index (χ3n) is 4.87. The van der Waals surface area contributed by atoms with Gasteiger partial charge < -0.3 is 14.8 Å². The van der Waals surface area contributed by atoms with E-state index in [1.54, 1.807) is 7.11 Å². The second-order valence-corrected chi connectivity index (χ2v) is 7.70. The number of nitrogens with one attached hydrogen (secondary N) is 1. The van der Waals surface area contributed by atoms with Crippen molar-refractivity contribution in [1.82, 2.24) is 5.32 Å². The van der Waals surface area contributed by atoms with Crippen LogP contribution in [0.4, 0.5) is 0 Å². The lowest BCUT2D eigenvalue weighted by Crippen LogP contribution is -2.41. The Balaban J connectivity index is 1.82. The number of aryl methyl sites for hydroxylation is 2. The highest BCUT2D eigenvalue weighted by molar-refractivity contribution is 5.79. The maximum atomic E-state index is 12.7. The smallest absolute Gasteiger partial charge is 0.224 e. The van der Waals surface area contributed by atoms with Gasteiger partial charge >= 0.3 is 0 Å². The molecule has 1 aliphatic heterocycles. The van der Waals surface area contributed by atoms with Crippen molar-refractivity contribution in [2.45, 2.75) is 52.2 Å². The Bertz CT molecular complexity index is 826. The summed E-state index contributed by atoms with van der Waals surface area (Å²) in [6.07, 6.45) is 1.09. The topological polar surface area (TPSA) is 47.6 Å². The van der Waals surface area contributed by atoms with Crippen LogP contribution >= 0.6 is 0 Å². The predicted molar refractivity (Wildman–Crippen MR) is 103 cm³/mol. The molecule has 4 heteroatoms. The average Bonchev–Trinajstić information content (AvgIpc) is 2.57. The molecule has 2 aromatic rings. The molecule has 0 spiro atoms. The maximum Gasteiger partial charge on any atom is 0.224 e. The minimum atomic E-state index is -0.335. The number of ether oxygens (including phenoxy) is 2. The summed E-state index contributed by atoms with van der Waals surface area (Å²) in [5.74, 6) is 1.59. The lowest BCUT2D eigenvalue weighted by molar-refractivity contribution is -0.121. The fourth-order valence-corrected chi connectivity index (χ4v) is 3.50. The van der Waals surface area contributed by atoms with E-state index < -0.39 is 0 Å². The van der Waals surface area contributed by atoms with E-state index in [1.807, 2.05) is 45.9 Å². The minimum Gasteiger partial charge on any atom is -0.497 e. The van der Waals surface area contributed by atoms with Gasteiger partial charge in [0.25, 0.3) is 0 Å². The Morgan fingerprint density at radius 3 is 2.73 bits per heavy atom. The normalized spacial score (nSPS) is 17.8. The van der Waals surface area contributed by atoms with Crippen LogP contribution in [0.1, 0.15) is 48.6 Å². The molecule has 0 radical (unpaired) electrons. The second-order valence-electron chi connectivity index (χ2n) is 7.70. The molecule has 0 saturated carbocycles. The zero-order valence-electron chi connectivity index (χ0n) is 16.2. The Morgan fingerprint density at radius 2 is 2.00 bits per heavy atom. The monoisotopic (exact) mass is 353 g/mol. The van der Waals surface area contributed by atoms with Crippen LogP contribution in [0, 0.1) is 13.8 Å². The van der Waals surface area contributed by atoms with Crippen LogP contribution in [-0.4, -0.2) is 18.6 Å². The van der Waals surface area contributed by atoms with Crippen LogP contribution in [0.15, 0.2) is 36.4 Å². The molecule has 0 saturated heterocycles. The molecule has 0 fully saturated rings. The molecule has 4 nitrogen and oxygen atoms in total. The van der Waals surface area contributed by atoms with E-state index in [0.717, 1.165) is 28.2 Å². The lowest BCUT2D eigenvalue weighted by Gasteiger charge is -2.38. The number of rotatable bonds is 4. The molecule has 0 aromatic heterocycles. The summed E-state index contributed by atoms with van der Waals surface area (Å²) >= 11 is 0. The number of hydrogen-bond acceptors (Lipinski definition) is 3. The van der Waals surface area contributed by atoms with Gasteiger partial charge in [-0.3, -0.25) is 4.79 Å². The van der Waals surface area contributed by atoms with Gasteiger partial charge in [0.15, 0.2) is 0 Å². The lowest BCUT2D eigenvalue weighted by atomic mass is 9.89. The molecule has 26 heavy (non-hydrogen) atoms. The Hall–Kier alpha value is -2.49. The molecule has 1 N–H and O–H groups in total. The molecule has 0 unspecified atom stereocenters. The Morgan fingerprint density at radius 1 is 1.23 bits per heavy atom. The Labute approximate surface area is 155 Å². The summed E-state index contributed by atoms with van der Waals surface area (Å²) in [6, 6.07) is 11.9. The number of fused-ring (bicyclic) bond motifs is 1. The Kier molecular flexibility index (Phi) is 4.94. The maximum absolute atomic E-state index is 12.7. The molecule has 1 amide bonds. The first kappa shape index (κ1) is 18.3. The highest BCUT2D eigenvalue weighted by atomic mass is 16.5. The van der Waals surface area contributed by atoms with Gasteiger partial charge in [-0.2, -0.15) is 0 Å². The molecular formula is C22H27NO3. The van der Waals surface area contributed by atoms with Crippen LogP contribution in [0.5, 0.6) is 11.5 Å². The number of methoxy groups -OCH3 is 1. The predicted octanol–water partition coefficient (Wildman–Crippen LogP) is 4.27. The fraction of sp³-hybridized carbons (Fsp3) is 0.409. The van der Waals surface area contributed by atoms with Crippen LogP contribution in [0.25, 0.3) is 0 Å². The number of amides is 1. The molecule has 1 aliphatic rings. The van der Waals surface area contributed by atoms with E-state index in [2.05, 4.69) is 23.5 Å². The van der Waals surface area contributed by atoms with Gasteiger partial charge in [0, 0.05) is 12.0 Å². The van der Waals surface area contributed by atoms with Crippen molar-refractivity contribution in [3.63, 3.8) is 0 Å². The van der Waals surface area contributed by atoms with Crippen molar-refractivity contribution in [3.05, 3.63) is 58.7 Å². The molecule has 2 aromatic carbocycles. The van der Waals surface area contributed by atoms with Gasteiger partial charge in [-0.1, -0.05) is 23.8 Å². The first-order valence-corrected chi connectivity index (χ1v) is 9.00. The third-order valence-corrected chi connectivity index (χ3v) is 4.87. The van der Waals surface area contributed by atoms with Gasteiger partial charge in [0.2, 0.25) is 5.91 Å². The number of carbonyl (C=O) groups is 1. The molecular weight excluding hydrogens is 326 g/mol. The van der Waals surface area contributed by atoms with Gasteiger partial charge in [0.1, 0.15) is 17.1 Å². The van der Waals surface area contributed by atoms with Crippen molar-refractivity contribution in [2.24, 2.45) is 0 Å². The van der Waals surface area contributed by atoms with Gasteiger partial charge in [-0.25, -0.2) is 0 Å². The summed E-state index contributed by atoms with van der Waals surface area (Å²) in [4.78, 5) is 12.7. The average molecular weight is 353 g/mol. The van der Waals surface area contributed by atoms with Gasteiger partial charge in [-0.15, -0.1) is 0 Å². The SMILES string of the molecule is COc1ccc2c(c1)[C@H](NC(=O)Cc1cc(C)ccc1C)CC(C)(C)O2. The van der Waals surface area contributed by atoms with Gasteiger partial charge in [0.05, 0.1) is 19.6 Å². The number of hydrogen-bond donors (Lipinski definition) is 1. The fourth-order valence-electron chi connectivity index (χ4n) is 3.50. The molecule has 0 bridgehead atoms. The summed E-state index contributed by atoms with van der Waals surface area (Å²) in [6.45, 7) is 8.18. The van der Waals surface area contributed by atoms with Crippen molar-refractivity contribution in [2.75, 3.05) is 7.11 Å². The van der Waals surface area contributed by atoms with Crippen molar-refractivity contribution in [3.8, 4) is 11.5 Å². The van der Waals surface area contributed by atoms with Crippen molar-refractivity contribution in [1.29, 1.82) is 0 Å².